The van der Waals surface area contributed by atoms with Gasteiger partial charge in [-0.25, -0.2) is 0 Å². The van der Waals surface area contributed by atoms with E-state index in [1.54, 1.807) is 14.2 Å². The molecule has 0 aromatic heterocycles. The summed E-state index contributed by atoms with van der Waals surface area (Å²) in [6, 6.07) is 5.56. The summed E-state index contributed by atoms with van der Waals surface area (Å²) in [6.07, 6.45) is 0.271. The van der Waals surface area contributed by atoms with Gasteiger partial charge in [0.25, 0.3) is 0 Å². The number of ether oxygens (including phenoxy) is 4. The lowest BCUT2D eigenvalue weighted by Crippen LogP contribution is -2.48. The van der Waals surface area contributed by atoms with Crippen LogP contribution in [0.1, 0.15) is 12.0 Å². The van der Waals surface area contributed by atoms with Crippen molar-refractivity contribution in [3.05, 3.63) is 23.8 Å². The van der Waals surface area contributed by atoms with Crippen molar-refractivity contribution in [1.29, 1.82) is 0 Å². The highest BCUT2D eigenvalue weighted by Gasteiger charge is 2.44. The van der Waals surface area contributed by atoms with Gasteiger partial charge < -0.3 is 18.9 Å². The van der Waals surface area contributed by atoms with Crippen molar-refractivity contribution in [3.8, 4) is 11.5 Å². The molecule has 104 valence electrons. The molecule has 1 fully saturated rings. The van der Waals surface area contributed by atoms with E-state index in [1.165, 1.54) is 7.11 Å². The summed E-state index contributed by atoms with van der Waals surface area (Å²) >= 11 is 0. The summed E-state index contributed by atoms with van der Waals surface area (Å²) in [5.41, 5.74) is 0.540. The van der Waals surface area contributed by atoms with Gasteiger partial charge in [-0.2, -0.15) is 0 Å². The fourth-order valence-corrected chi connectivity index (χ4v) is 2.28. The molecule has 1 aliphatic heterocycles. The molecule has 1 aromatic carbocycles. The topological polar surface area (TPSA) is 54.0 Å². The van der Waals surface area contributed by atoms with Gasteiger partial charge in [0, 0.05) is 5.56 Å². The number of methoxy groups -OCH3 is 3. The van der Waals surface area contributed by atoms with Gasteiger partial charge >= 0.3 is 5.97 Å². The lowest BCUT2D eigenvalue weighted by molar-refractivity contribution is -0.148. The molecule has 0 spiro atoms. The first-order valence-electron chi connectivity index (χ1n) is 6.02. The predicted molar refractivity (Wildman–Crippen MR) is 68.7 cm³/mol. The van der Waals surface area contributed by atoms with E-state index < -0.39 is 0 Å². The number of esters is 1. The molecule has 1 saturated heterocycles. The SMILES string of the molecule is COC(=O)CC1(c2cc(OC)ccc2OC)COC1. The highest BCUT2D eigenvalue weighted by Crippen LogP contribution is 2.42. The third-order valence-corrected chi connectivity index (χ3v) is 3.45. The Morgan fingerprint density at radius 1 is 1.26 bits per heavy atom. The van der Waals surface area contributed by atoms with Gasteiger partial charge in [0.1, 0.15) is 11.5 Å². The molecule has 0 N–H and O–H groups in total. The maximum absolute atomic E-state index is 11.6. The van der Waals surface area contributed by atoms with E-state index in [2.05, 4.69) is 0 Å². The van der Waals surface area contributed by atoms with Crippen molar-refractivity contribution in [3.63, 3.8) is 0 Å². The highest BCUT2D eigenvalue weighted by molar-refractivity contribution is 5.72. The van der Waals surface area contributed by atoms with Gasteiger partial charge in [-0.3, -0.25) is 4.79 Å². The largest absolute Gasteiger partial charge is 0.497 e. The van der Waals surface area contributed by atoms with Crippen LogP contribution in [0.25, 0.3) is 0 Å². The van der Waals surface area contributed by atoms with E-state index >= 15 is 0 Å². The van der Waals surface area contributed by atoms with E-state index in [0.29, 0.717) is 13.2 Å². The van der Waals surface area contributed by atoms with Crippen LogP contribution in [-0.4, -0.2) is 40.5 Å². The van der Waals surface area contributed by atoms with Crippen LogP contribution in [0, 0.1) is 0 Å². The highest BCUT2D eigenvalue weighted by atomic mass is 16.5. The minimum atomic E-state index is -0.382. The molecule has 0 atom stereocenters. The third-order valence-electron chi connectivity index (χ3n) is 3.45. The molecule has 1 heterocycles. The van der Waals surface area contributed by atoms with Gasteiger partial charge in [0.15, 0.2) is 0 Å². The fourth-order valence-electron chi connectivity index (χ4n) is 2.28. The van der Waals surface area contributed by atoms with Gasteiger partial charge in [-0.1, -0.05) is 0 Å². The number of hydrogen-bond donors (Lipinski definition) is 0. The maximum Gasteiger partial charge on any atom is 0.306 e. The first-order valence-corrected chi connectivity index (χ1v) is 6.02. The minimum absolute atomic E-state index is 0.256. The number of carbonyl (C=O) groups excluding carboxylic acids is 1. The van der Waals surface area contributed by atoms with E-state index in [-0.39, 0.29) is 17.8 Å². The molecule has 0 aliphatic carbocycles. The molecule has 0 amide bonds. The van der Waals surface area contributed by atoms with Crippen LogP contribution in [0.5, 0.6) is 11.5 Å². The number of benzene rings is 1. The summed E-state index contributed by atoms with van der Waals surface area (Å²) in [7, 11) is 4.60. The van der Waals surface area contributed by atoms with E-state index in [4.69, 9.17) is 18.9 Å². The summed E-state index contributed by atoms with van der Waals surface area (Å²) < 4.78 is 20.7. The van der Waals surface area contributed by atoms with Crippen molar-refractivity contribution >= 4 is 5.97 Å². The molecule has 5 nitrogen and oxygen atoms in total. The Kier molecular flexibility index (Phi) is 3.95. The normalized spacial score (nSPS) is 16.4. The molecule has 0 radical (unpaired) electrons. The maximum atomic E-state index is 11.6. The Morgan fingerprint density at radius 2 is 2.00 bits per heavy atom. The lowest BCUT2D eigenvalue weighted by atomic mass is 9.75. The predicted octanol–water partition coefficient (Wildman–Crippen LogP) is 1.53. The van der Waals surface area contributed by atoms with E-state index in [9.17, 15) is 4.79 Å². The molecule has 19 heavy (non-hydrogen) atoms. The Labute approximate surface area is 112 Å². The molecule has 0 bridgehead atoms. The smallest absolute Gasteiger partial charge is 0.306 e. The summed E-state index contributed by atoms with van der Waals surface area (Å²) in [6.45, 7) is 0.956. The van der Waals surface area contributed by atoms with Crippen LogP contribution in [0.15, 0.2) is 18.2 Å². The molecule has 1 aliphatic rings. The van der Waals surface area contributed by atoms with Crippen LogP contribution in [0.2, 0.25) is 0 Å². The number of carbonyl (C=O) groups is 1. The quantitative estimate of drug-likeness (QED) is 0.757. The van der Waals surface area contributed by atoms with Crippen molar-refractivity contribution in [2.24, 2.45) is 0 Å². The van der Waals surface area contributed by atoms with Crippen LogP contribution in [0.3, 0.4) is 0 Å². The van der Waals surface area contributed by atoms with Crippen molar-refractivity contribution in [2.75, 3.05) is 34.5 Å². The Morgan fingerprint density at radius 3 is 2.47 bits per heavy atom. The Hall–Kier alpha value is -1.75. The second kappa shape index (κ2) is 5.48. The standard InChI is InChI=1S/C14H18O5/c1-16-10-4-5-12(17-2)11(6-10)14(8-19-9-14)7-13(15)18-3/h4-6H,7-9H2,1-3H3. The molecule has 1 aromatic rings. The fraction of sp³-hybridized carbons (Fsp3) is 0.500. The van der Waals surface area contributed by atoms with Gasteiger partial charge in [-0.15, -0.1) is 0 Å². The monoisotopic (exact) mass is 266 g/mol. The third kappa shape index (κ3) is 2.51. The number of hydrogen-bond acceptors (Lipinski definition) is 5. The number of rotatable bonds is 5. The minimum Gasteiger partial charge on any atom is -0.497 e. The van der Waals surface area contributed by atoms with Crippen molar-refractivity contribution < 1.29 is 23.7 Å². The van der Waals surface area contributed by atoms with Crippen LogP contribution >= 0.6 is 0 Å². The summed E-state index contributed by atoms with van der Waals surface area (Å²) in [5.74, 6) is 1.20. The lowest BCUT2D eigenvalue weighted by Gasteiger charge is -2.41. The van der Waals surface area contributed by atoms with Crippen LogP contribution in [0.4, 0.5) is 0 Å². The van der Waals surface area contributed by atoms with Crippen molar-refractivity contribution in [2.45, 2.75) is 11.8 Å². The molecule has 5 heteroatoms. The second-order valence-corrected chi connectivity index (χ2v) is 4.59. The first-order chi connectivity index (χ1) is 9.15. The van der Waals surface area contributed by atoms with Crippen LogP contribution < -0.4 is 9.47 Å². The van der Waals surface area contributed by atoms with E-state index in [1.807, 2.05) is 18.2 Å². The Bertz CT molecular complexity index is 465. The van der Waals surface area contributed by atoms with Gasteiger partial charge in [0.2, 0.25) is 0 Å². The zero-order valence-electron chi connectivity index (χ0n) is 11.4. The molecular weight excluding hydrogens is 248 g/mol. The van der Waals surface area contributed by atoms with E-state index in [0.717, 1.165) is 17.1 Å². The first kappa shape index (κ1) is 13.7. The molecule has 0 saturated carbocycles. The Balaban J connectivity index is 2.38. The molecule has 0 unspecified atom stereocenters. The summed E-state index contributed by atoms with van der Waals surface area (Å²) in [4.78, 5) is 11.6. The van der Waals surface area contributed by atoms with Crippen molar-refractivity contribution in [1.82, 2.24) is 0 Å². The average Bonchev–Trinajstić information content (AvgIpc) is 2.41. The average molecular weight is 266 g/mol. The molecule has 2 rings (SSSR count). The van der Waals surface area contributed by atoms with Gasteiger partial charge in [0.05, 0.1) is 46.4 Å². The second-order valence-electron chi connectivity index (χ2n) is 4.59. The zero-order valence-corrected chi connectivity index (χ0v) is 11.4. The van der Waals surface area contributed by atoms with Gasteiger partial charge in [-0.05, 0) is 18.2 Å². The molecular formula is C14H18O5. The summed E-state index contributed by atoms with van der Waals surface area (Å²) in [5, 5.41) is 0. The zero-order chi connectivity index (χ0) is 13.9. The van der Waals surface area contributed by atoms with Crippen LogP contribution in [-0.2, 0) is 19.7 Å².